The van der Waals surface area contributed by atoms with Gasteiger partial charge < -0.3 is 20.3 Å². The van der Waals surface area contributed by atoms with Crippen LogP contribution in [-0.4, -0.2) is 48.3 Å². The van der Waals surface area contributed by atoms with Crippen molar-refractivity contribution in [2.24, 2.45) is 0 Å². The molecule has 29 heavy (non-hydrogen) atoms. The third kappa shape index (κ3) is 7.31. The van der Waals surface area contributed by atoms with Crippen LogP contribution in [0, 0.1) is 0 Å². The molecule has 2 aliphatic rings. The van der Waals surface area contributed by atoms with E-state index < -0.39 is 5.60 Å². The molecule has 0 bridgehead atoms. The van der Waals surface area contributed by atoms with Gasteiger partial charge in [0, 0.05) is 37.8 Å². The number of piperidine rings is 1. The number of hydrogen-bond acceptors (Lipinski definition) is 4. The van der Waals surface area contributed by atoms with E-state index >= 15 is 0 Å². The van der Waals surface area contributed by atoms with Gasteiger partial charge in [0.2, 0.25) is 0 Å². The van der Waals surface area contributed by atoms with E-state index in [4.69, 9.17) is 4.74 Å². The Hall–Kier alpha value is -1.59. The third-order valence-electron chi connectivity index (χ3n) is 6.00. The number of nitrogens with one attached hydrogen (secondary N) is 2. The molecular formula is C24H39N3O2. The topological polar surface area (TPSA) is 53.6 Å². The average Bonchev–Trinajstić information content (AvgIpc) is 2.71. The lowest BCUT2D eigenvalue weighted by molar-refractivity contribution is 0.0195. The van der Waals surface area contributed by atoms with E-state index in [0.29, 0.717) is 18.1 Å². The zero-order valence-electron chi connectivity index (χ0n) is 18.5. The Balaban J connectivity index is 1.52. The van der Waals surface area contributed by atoms with E-state index in [1.807, 2.05) is 25.7 Å². The largest absolute Gasteiger partial charge is 0.444 e. The van der Waals surface area contributed by atoms with Gasteiger partial charge >= 0.3 is 6.09 Å². The van der Waals surface area contributed by atoms with E-state index in [-0.39, 0.29) is 6.09 Å². The fourth-order valence-corrected chi connectivity index (χ4v) is 4.39. The lowest BCUT2D eigenvalue weighted by Gasteiger charge is -2.36. The molecule has 1 amide bonds. The van der Waals surface area contributed by atoms with Crippen LogP contribution in [0.4, 0.5) is 4.79 Å². The van der Waals surface area contributed by atoms with Gasteiger partial charge in [-0.15, -0.1) is 0 Å². The molecule has 1 saturated carbocycles. The molecule has 1 aliphatic heterocycles. The number of amides is 1. The highest BCUT2D eigenvalue weighted by Gasteiger charge is 2.28. The Morgan fingerprint density at radius 1 is 1.03 bits per heavy atom. The van der Waals surface area contributed by atoms with Crippen LogP contribution in [0.1, 0.15) is 77.3 Å². The summed E-state index contributed by atoms with van der Waals surface area (Å²) in [6.45, 7) is 8.23. The Bertz CT molecular complexity index is 615. The number of hydrogen-bond donors (Lipinski definition) is 2. The Morgan fingerprint density at radius 2 is 1.69 bits per heavy atom. The SMILES string of the molecule is CC(C)(C)OC(=O)N1CCC(N[C@@H](CNC2CCCCC2)c2ccccc2)CC1. The maximum absolute atomic E-state index is 12.3. The maximum atomic E-state index is 12.3. The van der Waals surface area contributed by atoms with Crippen LogP contribution in [0.2, 0.25) is 0 Å². The normalized spacial score (nSPS) is 20.4. The monoisotopic (exact) mass is 401 g/mol. The first-order valence-corrected chi connectivity index (χ1v) is 11.4. The number of ether oxygens (including phenoxy) is 1. The van der Waals surface area contributed by atoms with Crippen LogP contribution in [0.15, 0.2) is 30.3 Å². The zero-order valence-corrected chi connectivity index (χ0v) is 18.5. The Morgan fingerprint density at radius 3 is 2.31 bits per heavy atom. The highest BCUT2D eigenvalue weighted by Crippen LogP contribution is 2.21. The van der Waals surface area contributed by atoms with Gasteiger partial charge in [0.25, 0.3) is 0 Å². The molecule has 1 heterocycles. The second-order valence-corrected chi connectivity index (χ2v) is 9.61. The molecule has 0 unspecified atom stereocenters. The van der Waals surface area contributed by atoms with Crippen LogP contribution in [0.3, 0.4) is 0 Å². The molecule has 2 fully saturated rings. The Kier molecular flexibility index (Phi) is 7.96. The molecule has 1 atom stereocenters. The summed E-state index contributed by atoms with van der Waals surface area (Å²) < 4.78 is 5.53. The summed E-state index contributed by atoms with van der Waals surface area (Å²) in [6, 6.07) is 12.1. The van der Waals surface area contributed by atoms with Gasteiger partial charge in [0.15, 0.2) is 0 Å². The molecule has 0 spiro atoms. The highest BCUT2D eigenvalue weighted by molar-refractivity contribution is 5.68. The molecule has 0 radical (unpaired) electrons. The summed E-state index contributed by atoms with van der Waals surface area (Å²) in [5.41, 5.74) is 0.903. The summed E-state index contributed by atoms with van der Waals surface area (Å²) >= 11 is 0. The standard InChI is InChI=1S/C24H39N3O2/c1-24(2,3)29-23(28)27-16-14-21(15-17-27)26-22(19-10-6-4-7-11-19)18-25-20-12-8-5-9-13-20/h4,6-7,10-11,20-22,25-26H,5,8-9,12-18H2,1-3H3/t22-/m0/s1. The minimum absolute atomic E-state index is 0.186. The van der Waals surface area contributed by atoms with E-state index in [9.17, 15) is 4.79 Å². The van der Waals surface area contributed by atoms with Gasteiger partial charge in [-0.3, -0.25) is 0 Å². The van der Waals surface area contributed by atoms with E-state index in [1.165, 1.54) is 37.7 Å². The van der Waals surface area contributed by atoms with Gasteiger partial charge in [0.05, 0.1) is 0 Å². The van der Waals surface area contributed by atoms with Gasteiger partial charge in [-0.1, -0.05) is 49.6 Å². The third-order valence-corrected chi connectivity index (χ3v) is 6.00. The molecule has 5 heteroatoms. The van der Waals surface area contributed by atoms with Crippen LogP contribution in [-0.2, 0) is 4.74 Å². The van der Waals surface area contributed by atoms with Crippen molar-refractivity contribution >= 4 is 6.09 Å². The molecule has 1 aliphatic carbocycles. The van der Waals surface area contributed by atoms with E-state index in [1.54, 1.807) is 0 Å². The van der Waals surface area contributed by atoms with Crippen LogP contribution in [0.5, 0.6) is 0 Å². The van der Waals surface area contributed by atoms with E-state index in [0.717, 1.165) is 32.5 Å². The van der Waals surface area contributed by atoms with Crippen molar-refractivity contribution in [1.29, 1.82) is 0 Å². The summed E-state index contributed by atoms with van der Waals surface area (Å²) in [5.74, 6) is 0. The molecule has 1 aromatic carbocycles. The first-order valence-electron chi connectivity index (χ1n) is 11.4. The molecular weight excluding hydrogens is 362 g/mol. The van der Waals surface area contributed by atoms with Gasteiger partial charge in [0.1, 0.15) is 5.60 Å². The van der Waals surface area contributed by atoms with Crippen molar-refractivity contribution in [1.82, 2.24) is 15.5 Å². The number of benzene rings is 1. The molecule has 0 aromatic heterocycles. The van der Waals surface area contributed by atoms with Gasteiger partial charge in [-0.25, -0.2) is 4.79 Å². The number of rotatable bonds is 6. The van der Waals surface area contributed by atoms with Crippen LogP contribution in [0.25, 0.3) is 0 Å². The average molecular weight is 402 g/mol. The summed E-state index contributed by atoms with van der Waals surface area (Å²) in [5, 5.41) is 7.69. The van der Waals surface area contributed by atoms with Crippen LogP contribution >= 0.6 is 0 Å². The number of carbonyl (C=O) groups excluding carboxylic acids is 1. The summed E-state index contributed by atoms with van der Waals surface area (Å²) in [6.07, 6.45) is 8.43. The van der Waals surface area contributed by atoms with Gasteiger partial charge in [-0.05, 0) is 52.0 Å². The maximum Gasteiger partial charge on any atom is 0.410 e. The van der Waals surface area contributed by atoms with Gasteiger partial charge in [-0.2, -0.15) is 0 Å². The lowest BCUT2D eigenvalue weighted by Crippen LogP contribution is -2.48. The van der Waals surface area contributed by atoms with Crippen molar-refractivity contribution in [3.8, 4) is 0 Å². The predicted molar refractivity (Wildman–Crippen MR) is 118 cm³/mol. The van der Waals surface area contributed by atoms with Crippen molar-refractivity contribution in [2.75, 3.05) is 19.6 Å². The fourth-order valence-electron chi connectivity index (χ4n) is 4.39. The smallest absolute Gasteiger partial charge is 0.410 e. The van der Waals surface area contributed by atoms with Crippen LogP contribution < -0.4 is 10.6 Å². The Labute approximate surface area is 176 Å². The first-order chi connectivity index (χ1) is 13.9. The summed E-state index contributed by atoms with van der Waals surface area (Å²) in [4.78, 5) is 14.2. The van der Waals surface area contributed by atoms with Crippen molar-refractivity contribution in [2.45, 2.75) is 89.4 Å². The molecule has 1 aromatic rings. The van der Waals surface area contributed by atoms with Crippen molar-refractivity contribution < 1.29 is 9.53 Å². The number of likely N-dealkylation sites (tertiary alicyclic amines) is 1. The molecule has 162 valence electrons. The minimum atomic E-state index is -0.435. The number of carbonyl (C=O) groups is 1. The second kappa shape index (κ2) is 10.4. The second-order valence-electron chi connectivity index (χ2n) is 9.61. The molecule has 2 N–H and O–H groups in total. The first kappa shape index (κ1) is 22.1. The molecule has 3 rings (SSSR count). The lowest BCUT2D eigenvalue weighted by atomic mass is 9.95. The molecule has 1 saturated heterocycles. The zero-order chi connectivity index (χ0) is 20.7. The highest BCUT2D eigenvalue weighted by atomic mass is 16.6. The molecule has 5 nitrogen and oxygen atoms in total. The summed E-state index contributed by atoms with van der Waals surface area (Å²) in [7, 11) is 0. The fraction of sp³-hybridized carbons (Fsp3) is 0.708. The predicted octanol–water partition coefficient (Wildman–Crippen LogP) is 4.64. The number of nitrogens with zero attached hydrogens (tertiary/aromatic N) is 1. The van der Waals surface area contributed by atoms with Crippen molar-refractivity contribution in [3.05, 3.63) is 35.9 Å². The van der Waals surface area contributed by atoms with Crippen molar-refractivity contribution in [3.63, 3.8) is 0 Å². The quantitative estimate of drug-likeness (QED) is 0.729. The minimum Gasteiger partial charge on any atom is -0.444 e. The van der Waals surface area contributed by atoms with E-state index in [2.05, 4.69) is 41.0 Å².